The molecule has 0 unspecified atom stereocenters. The first kappa shape index (κ1) is 40.4. The number of hydrogen-bond donors (Lipinski definition) is 4. The topological polar surface area (TPSA) is 187 Å². The average Bonchev–Trinajstić information content (AvgIpc) is 3.88. The standard InChI is InChI=1S/C42H42ClN9O4S2/c1-24-9-18-33(39-36(24)30(22-44)23-47-39)51-58(55,56)32-16-12-29(13-17-32)41(54)46-20-8-6-5-7-19-45-35(53)21-34-40-50-49-27(4)52(40)42-37(25(2)26(3)57-42)38(48-34)28-10-14-31(43)15-11-28/h9-18,23,34,47,51H,5-8,19-21H2,1-4H3,(H,45,53)(H,46,54)/t34-/m0/s1. The highest BCUT2D eigenvalue weighted by Gasteiger charge is 2.32. The number of unbranched alkanes of at least 4 members (excludes halogenated alkanes) is 3. The number of nitrogens with zero attached hydrogens (tertiary/aromatic N) is 5. The van der Waals surface area contributed by atoms with Crippen LogP contribution in [0.25, 0.3) is 15.9 Å². The largest absolute Gasteiger partial charge is 0.358 e. The Morgan fingerprint density at radius 2 is 1.64 bits per heavy atom. The van der Waals surface area contributed by atoms with Crippen LogP contribution in [0.4, 0.5) is 5.69 Å². The summed E-state index contributed by atoms with van der Waals surface area (Å²) < 4.78 is 31.0. The molecule has 2 amide bonds. The normalized spacial score (nSPS) is 13.6. The molecule has 0 saturated heterocycles. The van der Waals surface area contributed by atoms with Crippen LogP contribution in [-0.4, -0.2) is 58.8 Å². The molecule has 0 bridgehead atoms. The number of anilines is 1. The summed E-state index contributed by atoms with van der Waals surface area (Å²) in [5, 5.41) is 26.5. The molecule has 1 aliphatic rings. The van der Waals surface area contributed by atoms with Crippen LogP contribution in [0, 0.1) is 39.0 Å². The van der Waals surface area contributed by atoms with Crippen molar-refractivity contribution in [3.05, 3.63) is 122 Å². The van der Waals surface area contributed by atoms with Gasteiger partial charge in [0, 0.05) is 51.3 Å². The molecule has 16 heteroatoms. The summed E-state index contributed by atoms with van der Waals surface area (Å²) in [7, 11) is -3.97. The molecule has 0 spiro atoms. The molecular formula is C42H42ClN9O4S2. The number of nitrogens with one attached hydrogen (secondary N) is 4. The molecule has 6 aromatic rings. The Bertz CT molecular complexity index is 2710. The highest BCUT2D eigenvalue weighted by atomic mass is 35.5. The van der Waals surface area contributed by atoms with Gasteiger partial charge in [-0.1, -0.05) is 42.6 Å². The number of rotatable bonds is 14. The minimum absolute atomic E-state index is 0.00181. The van der Waals surface area contributed by atoms with Crippen LogP contribution in [-0.2, 0) is 14.8 Å². The number of aromatic amines is 1. The number of aliphatic imine (C=N–C) groups is 1. The van der Waals surface area contributed by atoms with E-state index in [9.17, 15) is 23.3 Å². The number of carbonyl (C=O) groups is 2. The minimum Gasteiger partial charge on any atom is -0.358 e. The van der Waals surface area contributed by atoms with E-state index in [4.69, 9.17) is 16.6 Å². The molecule has 1 aliphatic heterocycles. The smallest absolute Gasteiger partial charge is 0.261 e. The van der Waals surface area contributed by atoms with E-state index in [2.05, 4.69) is 50.5 Å². The summed E-state index contributed by atoms with van der Waals surface area (Å²) in [6.45, 7) is 8.91. The molecule has 7 rings (SSSR count). The highest BCUT2D eigenvalue weighted by molar-refractivity contribution is 7.92. The third kappa shape index (κ3) is 8.27. The van der Waals surface area contributed by atoms with Crippen molar-refractivity contribution in [3.8, 4) is 11.1 Å². The zero-order chi connectivity index (χ0) is 41.1. The summed E-state index contributed by atoms with van der Waals surface area (Å²) in [5.74, 6) is 0.941. The van der Waals surface area contributed by atoms with Crippen LogP contribution in [0.3, 0.4) is 0 Å². The number of H-pyrrole nitrogens is 1. The predicted octanol–water partition coefficient (Wildman–Crippen LogP) is 7.76. The summed E-state index contributed by atoms with van der Waals surface area (Å²) >= 11 is 7.89. The second-order valence-corrected chi connectivity index (χ2v) is 17.6. The molecule has 0 aliphatic carbocycles. The molecule has 4 N–H and O–H groups in total. The summed E-state index contributed by atoms with van der Waals surface area (Å²) in [4.78, 5) is 35.4. The fourth-order valence-corrected chi connectivity index (χ4v) is 9.51. The number of nitriles is 1. The van der Waals surface area contributed by atoms with Gasteiger partial charge in [-0.3, -0.25) is 23.9 Å². The van der Waals surface area contributed by atoms with Gasteiger partial charge in [0.25, 0.3) is 15.9 Å². The van der Waals surface area contributed by atoms with E-state index in [0.717, 1.165) is 64.5 Å². The third-order valence-electron chi connectivity index (χ3n) is 10.3. The minimum atomic E-state index is -3.97. The van der Waals surface area contributed by atoms with Gasteiger partial charge >= 0.3 is 0 Å². The lowest BCUT2D eigenvalue weighted by Crippen LogP contribution is -2.26. The SMILES string of the molecule is Cc1sc2c(c1C)C(c1ccc(Cl)cc1)=N[C@@H](CC(=O)NCCCCCCNC(=O)c1ccc(S(=O)(=O)Nc3ccc(C)c4c(C#N)c[nH]c34)cc1)c1nnc(C)n1-2. The number of halogens is 1. The lowest BCUT2D eigenvalue weighted by atomic mass is 9.99. The maximum Gasteiger partial charge on any atom is 0.261 e. The Morgan fingerprint density at radius 1 is 0.931 bits per heavy atom. The number of benzene rings is 3. The van der Waals surface area contributed by atoms with Crippen molar-refractivity contribution in [1.82, 2.24) is 30.4 Å². The number of sulfonamides is 1. The first-order valence-electron chi connectivity index (χ1n) is 18.9. The van der Waals surface area contributed by atoms with E-state index in [1.54, 1.807) is 29.7 Å². The Morgan fingerprint density at radius 3 is 2.34 bits per heavy atom. The average molecular weight is 836 g/mol. The Hall–Kier alpha value is -5.82. The number of thiophene rings is 1. The van der Waals surface area contributed by atoms with E-state index in [0.29, 0.717) is 51.7 Å². The van der Waals surface area contributed by atoms with Crippen LogP contribution in [0.5, 0.6) is 0 Å². The molecule has 13 nitrogen and oxygen atoms in total. The lowest BCUT2D eigenvalue weighted by Gasteiger charge is -2.13. The van der Waals surface area contributed by atoms with Crippen LogP contribution in [0.15, 0.2) is 76.7 Å². The van der Waals surface area contributed by atoms with E-state index < -0.39 is 16.1 Å². The molecular weight excluding hydrogens is 794 g/mol. The van der Waals surface area contributed by atoms with Gasteiger partial charge in [0.15, 0.2) is 5.82 Å². The van der Waals surface area contributed by atoms with Gasteiger partial charge in [0.1, 0.15) is 22.9 Å². The second kappa shape index (κ2) is 17.0. The van der Waals surface area contributed by atoms with E-state index >= 15 is 0 Å². The van der Waals surface area contributed by atoms with Crippen LogP contribution < -0.4 is 15.4 Å². The van der Waals surface area contributed by atoms with Gasteiger partial charge in [-0.15, -0.1) is 21.5 Å². The fraction of sp³-hybridized carbons (Fsp3) is 0.286. The van der Waals surface area contributed by atoms with Crippen molar-refractivity contribution < 1.29 is 18.0 Å². The van der Waals surface area contributed by atoms with Crippen molar-refractivity contribution in [1.29, 1.82) is 5.26 Å². The predicted molar refractivity (Wildman–Crippen MR) is 227 cm³/mol. The molecule has 0 radical (unpaired) electrons. The number of fused-ring (bicyclic) bond motifs is 4. The molecule has 0 fully saturated rings. The summed E-state index contributed by atoms with van der Waals surface area (Å²) in [6.07, 6.45) is 4.90. The first-order chi connectivity index (χ1) is 27.9. The number of amides is 2. The number of hydrogen-bond acceptors (Lipinski definition) is 9. The quantitative estimate of drug-likeness (QED) is 0.0808. The maximum atomic E-state index is 13.3. The molecule has 0 saturated carbocycles. The van der Waals surface area contributed by atoms with Gasteiger partial charge < -0.3 is 15.6 Å². The second-order valence-electron chi connectivity index (χ2n) is 14.3. The fourth-order valence-electron chi connectivity index (χ4n) is 7.10. The molecule has 298 valence electrons. The van der Waals surface area contributed by atoms with E-state index in [-0.39, 0.29) is 23.1 Å². The van der Waals surface area contributed by atoms with Gasteiger partial charge in [0.2, 0.25) is 5.91 Å². The lowest BCUT2D eigenvalue weighted by molar-refractivity contribution is -0.121. The van der Waals surface area contributed by atoms with Gasteiger partial charge in [-0.05, 0) is 94.1 Å². The number of carbonyl (C=O) groups excluding carboxylic acids is 2. The first-order valence-corrected chi connectivity index (χ1v) is 21.6. The van der Waals surface area contributed by atoms with Crippen LogP contribution in [0.2, 0.25) is 5.02 Å². The maximum absolute atomic E-state index is 13.3. The monoisotopic (exact) mass is 835 g/mol. The zero-order valence-corrected chi connectivity index (χ0v) is 34.8. The molecule has 3 aromatic carbocycles. The van der Waals surface area contributed by atoms with Crippen LogP contribution >= 0.6 is 22.9 Å². The Labute approximate surface area is 345 Å². The van der Waals surface area contributed by atoms with Crippen molar-refractivity contribution in [2.24, 2.45) is 4.99 Å². The van der Waals surface area contributed by atoms with Gasteiger partial charge in [-0.25, -0.2) is 8.42 Å². The Kier molecular flexibility index (Phi) is 11.8. The van der Waals surface area contributed by atoms with Crippen molar-refractivity contribution in [2.45, 2.75) is 70.7 Å². The molecule has 4 heterocycles. The highest BCUT2D eigenvalue weighted by Crippen LogP contribution is 2.39. The van der Waals surface area contributed by atoms with Crippen molar-refractivity contribution in [2.75, 3.05) is 17.8 Å². The van der Waals surface area contributed by atoms with E-state index in [1.807, 2.05) is 42.7 Å². The summed E-state index contributed by atoms with van der Waals surface area (Å²) in [5.41, 5.74) is 6.33. The molecule has 58 heavy (non-hydrogen) atoms. The van der Waals surface area contributed by atoms with E-state index in [1.165, 1.54) is 29.1 Å². The third-order valence-corrected chi connectivity index (χ3v) is 13.1. The number of aromatic nitrogens is 4. The van der Waals surface area contributed by atoms with Crippen molar-refractivity contribution in [3.63, 3.8) is 0 Å². The Balaban J connectivity index is 0.871. The summed E-state index contributed by atoms with van der Waals surface area (Å²) in [6, 6.07) is 18.3. The van der Waals surface area contributed by atoms with Gasteiger partial charge in [-0.2, -0.15) is 5.26 Å². The van der Waals surface area contributed by atoms with Crippen molar-refractivity contribution >= 4 is 67.1 Å². The molecule has 3 aromatic heterocycles. The van der Waals surface area contributed by atoms with Crippen LogP contribution in [0.1, 0.15) is 92.8 Å². The molecule has 1 atom stereocenters. The zero-order valence-electron chi connectivity index (χ0n) is 32.4. The number of aryl methyl sites for hydroxylation is 3. The van der Waals surface area contributed by atoms with Gasteiger partial charge in [0.05, 0.1) is 33.8 Å².